The van der Waals surface area contributed by atoms with Gasteiger partial charge < -0.3 is 10.0 Å². The van der Waals surface area contributed by atoms with Crippen LogP contribution in [0, 0.1) is 12.7 Å². The van der Waals surface area contributed by atoms with Crippen molar-refractivity contribution in [3.8, 4) is 10.4 Å². The lowest BCUT2D eigenvalue weighted by Crippen LogP contribution is -2.37. The van der Waals surface area contributed by atoms with Crippen LogP contribution in [0.5, 0.6) is 0 Å². The Labute approximate surface area is 166 Å². The summed E-state index contributed by atoms with van der Waals surface area (Å²) >= 11 is 1.07. The standard InChI is InChI=1S/C22H20FNO3S/c1-13(2)24(21(25)16-6-4-14(3)5-7-16)18-12-19(28-20(18)22(26)27)15-8-10-17(23)11-9-15/h4-13H,1-3H3,(H,26,27). The SMILES string of the molecule is Cc1ccc(C(=O)N(c2cc(-c3ccc(F)cc3)sc2C(=O)O)C(C)C)cc1. The molecule has 0 unspecified atom stereocenters. The van der Waals surface area contributed by atoms with Crippen LogP contribution in [0.15, 0.2) is 54.6 Å². The second kappa shape index (κ2) is 7.94. The van der Waals surface area contributed by atoms with E-state index in [0.29, 0.717) is 21.7 Å². The molecule has 6 heteroatoms. The topological polar surface area (TPSA) is 57.6 Å². The summed E-state index contributed by atoms with van der Waals surface area (Å²) in [5.41, 5.74) is 2.57. The molecule has 0 aliphatic heterocycles. The Hall–Kier alpha value is -2.99. The van der Waals surface area contributed by atoms with Gasteiger partial charge in [0.25, 0.3) is 5.91 Å². The van der Waals surface area contributed by atoms with Crippen molar-refractivity contribution in [2.45, 2.75) is 26.8 Å². The predicted octanol–water partition coefficient (Wildman–Crippen LogP) is 5.62. The number of aromatic carboxylic acids is 1. The maximum absolute atomic E-state index is 13.2. The van der Waals surface area contributed by atoms with E-state index in [1.165, 1.54) is 17.0 Å². The highest BCUT2D eigenvalue weighted by molar-refractivity contribution is 7.18. The quantitative estimate of drug-likeness (QED) is 0.608. The average Bonchev–Trinajstić information content (AvgIpc) is 3.07. The number of aryl methyl sites for hydroxylation is 1. The highest BCUT2D eigenvalue weighted by atomic mass is 32.1. The highest BCUT2D eigenvalue weighted by Gasteiger charge is 2.28. The summed E-state index contributed by atoms with van der Waals surface area (Å²) in [5, 5.41) is 9.70. The van der Waals surface area contributed by atoms with Crippen LogP contribution in [0.1, 0.15) is 39.4 Å². The maximum Gasteiger partial charge on any atom is 0.348 e. The first-order valence-electron chi connectivity index (χ1n) is 8.81. The molecule has 0 saturated heterocycles. The van der Waals surface area contributed by atoms with Gasteiger partial charge in [0.05, 0.1) is 5.69 Å². The van der Waals surface area contributed by atoms with Crippen molar-refractivity contribution in [1.29, 1.82) is 0 Å². The fraction of sp³-hybridized carbons (Fsp3) is 0.182. The van der Waals surface area contributed by atoms with Crippen LogP contribution in [0.4, 0.5) is 10.1 Å². The number of carbonyl (C=O) groups is 2. The summed E-state index contributed by atoms with van der Waals surface area (Å²) in [6, 6.07) is 14.5. The zero-order valence-electron chi connectivity index (χ0n) is 15.8. The summed E-state index contributed by atoms with van der Waals surface area (Å²) < 4.78 is 13.2. The molecule has 144 valence electrons. The van der Waals surface area contributed by atoms with Crippen LogP contribution in [0.2, 0.25) is 0 Å². The molecule has 0 radical (unpaired) electrons. The molecule has 0 fully saturated rings. The summed E-state index contributed by atoms with van der Waals surface area (Å²) in [4.78, 5) is 27.3. The Morgan fingerprint density at radius 2 is 1.64 bits per heavy atom. The van der Waals surface area contributed by atoms with Gasteiger partial charge in [0.2, 0.25) is 0 Å². The van der Waals surface area contributed by atoms with E-state index in [9.17, 15) is 19.1 Å². The first-order valence-corrected chi connectivity index (χ1v) is 9.63. The molecule has 2 aromatic carbocycles. The first-order chi connectivity index (χ1) is 13.3. The molecule has 1 heterocycles. The van der Waals surface area contributed by atoms with E-state index in [-0.39, 0.29) is 22.6 Å². The average molecular weight is 397 g/mol. The lowest BCUT2D eigenvalue weighted by molar-refractivity contribution is 0.0703. The van der Waals surface area contributed by atoms with Crippen molar-refractivity contribution in [2.24, 2.45) is 0 Å². The van der Waals surface area contributed by atoms with Crippen molar-refractivity contribution < 1.29 is 19.1 Å². The minimum absolute atomic E-state index is 0.0773. The Balaban J connectivity index is 2.09. The van der Waals surface area contributed by atoms with Gasteiger partial charge >= 0.3 is 5.97 Å². The summed E-state index contributed by atoms with van der Waals surface area (Å²) in [5.74, 6) is -1.73. The number of carboxylic acids is 1. The van der Waals surface area contributed by atoms with Crippen molar-refractivity contribution >= 4 is 28.9 Å². The molecule has 3 rings (SSSR count). The summed E-state index contributed by atoms with van der Waals surface area (Å²) in [7, 11) is 0. The molecule has 4 nitrogen and oxygen atoms in total. The number of carboxylic acid groups (broad SMARTS) is 1. The molecule has 0 spiro atoms. The number of thiophene rings is 1. The number of rotatable bonds is 5. The Morgan fingerprint density at radius 3 is 2.18 bits per heavy atom. The molecule has 1 aromatic heterocycles. The van der Waals surface area contributed by atoms with Crippen LogP contribution in [-0.2, 0) is 0 Å². The zero-order chi connectivity index (χ0) is 20.4. The molecule has 0 saturated carbocycles. The summed E-state index contributed by atoms with van der Waals surface area (Å²) in [6.45, 7) is 5.62. The highest BCUT2D eigenvalue weighted by Crippen LogP contribution is 2.38. The van der Waals surface area contributed by atoms with Crippen molar-refractivity contribution in [3.05, 3.63) is 76.4 Å². The van der Waals surface area contributed by atoms with Gasteiger partial charge in [-0.2, -0.15) is 0 Å². The van der Waals surface area contributed by atoms with Gasteiger partial charge in [-0.1, -0.05) is 29.8 Å². The van der Waals surface area contributed by atoms with E-state index < -0.39 is 5.97 Å². The molecule has 28 heavy (non-hydrogen) atoms. The number of halogens is 1. The fourth-order valence-corrected chi connectivity index (χ4v) is 3.92. The van der Waals surface area contributed by atoms with Crippen LogP contribution in [0.3, 0.4) is 0 Å². The molecule has 0 aliphatic carbocycles. The van der Waals surface area contributed by atoms with Gasteiger partial charge in [-0.15, -0.1) is 11.3 Å². The zero-order valence-corrected chi connectivity index (χ0v) is 16.6. The molecule has 1 N–H and O–H groups in total. The van der Waals surface area contributed by atoms with E-state index in [1.807, 2.05) is 32.9 Å². The lowest BCUT2D eigenvalue weighted by Gasteiger charge is -2.26. The maximum atomic E-state index is 13.2. The largest absolute Gasteiger partial charge is 0.477 e. The Morgan fingerprint density at radius 1 is 1.04 bits per heavy atom. The van der Waals surface area contributed by atoms with Crippen LogP contribution in [0.25, 0.3) is 10.4 Å². The van der Waals surface area contributed by atoms with E-state index in [0.717, 1.165) is 16.9 Å². The normalized spacial score (nSPS) is 10.9. The number of nitrogens with zero attached hydrogens (tertiary/aromatic N) is 1. The smallest absolute Gasteiger partial charge is 0.348 e. The Bertz CT molecular complexity index is 1010. The van der Waals surface area contributed by atoms with Gasteiger partial charge in [0, 0.05) is 16.5 Å². The van der Waals surface area contributed by atoms with Gasteiger partial charge in [0.1, 0.15) is 10.7 Å². The van der Waals surface area contributed by atoms with Crippen LogP contribution >= 0.6 is 11.3 Å². The minimum atomic E-state index is -1.10. The molecule has 3 aromatic rings. The van der Waals surface area contributed by atoms with E-state index in [2.05, 4.69) is 0 Å². The second-order valence-electron chi connectivity index (χ2n) is 6.77. The number of hydrogen-bond acceptors (Lipinski definition) is 3. The summed E-state index contributed by atoms with van der Waals surface area (Å²) in [6.07, 6.45) is 0. The Kier molecular flexibility index (Phi) is 5.61. The van der Waals surface area contributed by atoms with Gasteiger partial charge in [-0.05, 0) is 56.7 Å². The van der Waals surface area contributed by atoms with Crippen LogP contribution < -0.4 is 4.90 Å². The minimum Gasteiger partial charge on any atom is -0.477 e. The van der Waals surface area contributed by atoms with Gasteiger partial charge in [-0.3, -0.25) is 4.79 Å². The first kappa shape index (κ1) is 19.8. The number of hydrogen-bond donors (Lipinski definition) is 1. The molecular weight excluding hydrogens is 377 g/mol. The third-order valence-electron chi connectivity index (χ3n) is 4.33. The number of carbonyl (C=O) groups excluding carboxylic acids is 1. The van der Waals surface area contributed by atoms with Gasteiger partial charge in [-0.25, -0.2) is 9.18 Å². The van der Waals surface area contributed by atoms with Crippen molar-refractivity contribution in [1.82, 2.24) is 0 Å². The lowest BCUT2D eigenvalue weighted by atomic mass is 10.1. The molecule has 0 bridgehead atoms. The van der Waals surface area contributed by atoms with E-state index >= 15 is 0 Å². The fourth-order valence-electron chi connectivity index (χ4n) is 2.93. The number of benzene rings is 2. The predicted molar refractivity (Wildman–Crippen MR) is 110 cm³/mol. The molecule has 0 atom stereocenters. The third-order valence-corrected chi connectivity index (χ3v) is 5.49. The molecule has 1 amide bonds. The number of amides is 1. The molecule has 0 aliphatic rings. The molecular formula is C22H20FNO3S. The van der Waals surface area contributed by atoms with Crippen molar-refractivity contribution in [2.75, 3.05) is 4.90 Å². The van der Waals surface area contributed by atoms with E-state index in [4.69, 9.17) is 0 Å². The monoisotopic (exact) mass is 397 g/mol. The van der Waals surface area contributed by atoms with Crippen LogP contribution in [-0.4, -0.2) is 23.0 Å². The van der Waals surface area contributed by atoms with Gasteiger partial charge in [0.15, 0.2) is 0 Å². The number of anilines is 1. The van der Waals surface area contributed by atoms with Crippen molar-refractivity contribution in [3.63, 3.8) is 0 Å². The van der Waals surface area contributed by atoms with E-state index in [1.54, 1.807) is 30.3 Å². The third kappa shape index (κ3) is 3.97. The second-order valence-corrected chi connectivity index (χ2v) is 7.82.